The molecule has 0 aliphatic rings. The Hall–Kier alpha value is -4.89. The van der Waals surface area contributed by atoms with Crippen LogP contribution in [0.3, 0.4) is 0 Å². The van der Waals surface area contributed by atoms with E-state index in [9.17, 15) is 9.90 Å². The van der Waals surface area contributed by atoms with E-state index in [0.29, 0.717) is 40.6 Å². The van der Waals surface area contributed by atoms with E-state index in [4.69, 9.17) is 9.47 Å². The summed E-state index contributed by atoms with van der Waals surface area (Å²) in [5.74, 6) is 1.56. The second-order valence-electron chi connectivity index (χ2n) is 9.59. The number of imidazole rings is 1. The number of amides is 1. The predicted octanol–water partition coefficient (Wildman–Crippen LogP) is 5.59. The molecule has 2 aromatic heterocycles. The maximum absolute atomic E-state index is 13.0. The lowest BCUT2D eigenvalue weighted by Crippen LogP contribution is -2.15. The maximum atomic E-state index is 13.0. The molecule has 0 unspecified atom stereocenters. The van der Waals surface area contributed by atoms with Crippen LogP contribution in [0.25, 0.3) is 33.5 Å². The van der Waals surface area contributed by atoms with E-state index >= 15 is 0 Å². The fourth-order valence-electron chi connectivity index (χ4n) is 4.35. The Balaban J connectivity index is 1.31. The lowest BCUT2D eigenvalue weighted by Gasteiger charge is -2.11. The first kappa shape index (κ1) is 26.7. The number of phenolic OH excluding ortho intramolecular Hbond substituents is 1. The number of nitrogens with one attached hydrogen (secondary N) is 2. The van der Waals surface area contributed by atoms with Gasteiger partial charge in [0.15, 0.2) is 0 Å². The zero-order valence-electron chi connectivity index (χ0n) is 22.6. The molecule has 0 fully saturated rings. The van der Waals surface area contributed by atoms with Gasteiger partial charge in [0, 0.05) is 29.6 Å². The molecule has 40 heavy (non-hydrogen) atoms. The first-order valence-electron chi connectivity index (χ1n) is 12.9. The van der Waals surface area contributed by atoms with Crippen molar-refractivity contribution in [3.8, 4) is 39.9 Å². The molecule has 1 amide bonds. The highest BCUT2D eigenvalue weighted by Crippen LogP contribution is 2.35. The van der Waals surface area contributed by atoms with Crippen molar-refractivity contribution in [2.45, 2.75) is 6.42 Å². The van der Waals surface area contributed by atoms with Gasteiger partial charge in [0.1, 0.15) is 17.3 Å². The van der Waals surface area contributed by atoms with Crippen LogP contribution in [-0.4, -0.2) is 65.2 Å². The maximum Gasteiger partial charge on any atom is 0.255 e. The van der Waals surface area contributed by atoms with Gasteiger partial charge in [0.05, 0.1) is 30.3 Å². The third-order valence-electron chi connectivity index (χ3n) is 6.40. The van der Waals surface area contributed by atoms with Crippen molar-refractivity contribution in [1.82, 2.24) is 19.9 Å². The molecule has 0 bridgehead atoms. The number of nitrogens with zero attached hydrogens (tertiary/aromatic N) is 3. The Morgan fingerprint density at radius 3 is 2.62 bits per heavy atom. The molecule has 0 saturated carbocycles. The fourth-order valence-corrected chi connectivity index (χ4v) is 4.35. The number of pyridine rings is 1. The van der Waals surface area contributed by atoms with E-state index in [0.717, 1.165) is 35.4 Å². The highest BCUT2D eigenvalue weighted by atomic mass is 16.5. The zero-order chi connectivity index (χ0) is 28.1. The Labute approximate surface area is 232 Å². The van der Waals surface area contributed by atoms with Gasteiger partial charge in [-0.05, 0) is 92.8 Å². The van der Waals surface area contributed by atoms with E-state index < -0.39 is 0 Å². The first-order valence-corrected chi connectivity index (χ1v) is 12.9. The van der Waals surface area contributed by atoms with Crippen LogP contribution in [0.1, 0.15) is 16.8 Å². The number of anilines is 1. The number of ether oxygens (including phenoxy) is 2. The number of benzene rings is 3. The van der Waals surface area contributed by atoms with Gasteiger partial charge in [-0.3, -0.25) is 4.79 Å². The molecule has 2 heterocycles. The monoisotopic (exact) mass is 537 g/mol. The van der Waals surface area contributed by atoms with Gasteiger partial charge in [-0.1, -0.05) is 6.07 Å². The highest BCUT2D eigenvalue weighted by Gasteiger charge is 2.15. The van der Waals surface area contributed by atoms with Gasteiger partial charge in [-0.2, -0.15) is 0 Å². The van der Waals surface area contributed by atoms with Crippen molar-refractivity contribution < 1.29 is 19.4 Å². The van der Waals surface area contributed by atoms with Crippen LogP contribution in [0.2, 0.25) is 0 Å². The van der Waals surface area contributed by atoms with E-state index in [1.165, 1.54) is 0 Å². The number of H-pyrrole nitrogens is 1. The third kappa shape index (κ3) is 6.05. The van der Waals surface area contributed by atoms with Gasteiger partial charge in [0.2, 0.25) is 5.88 Å². The summed E-state index contributed by atoms with van der Waals surface area (Å²) in [6.45, 7) is 1.60. The molecular formula is C31H31N5O4. The largest absolute Gasteiger partial charge is 0.507 e. The Kier molecular flexibility index (Phi) is 7.93. The van der Waals surface area contributed by atoms with E-state index in [2.05, 4.69) is 25.2 Å². The molecule has 0 saturated heterocycles. The number of carbonyl (C=O) groups is 1. The minimum atomic E-state index is -0.250. The second kappa shape index (κ2) is 11.9. The number of aromatic amines is 1. The molecular weight excluding hydrogens is 506 g/mol. The summed E-state index contributed by atoms with van der Waals surface area (Å²) in [6, 6.07) is 21.5. The van der Waals surface area contributed by atoms with Crippen LogP contribution < -0.4 is 14.8 Å². The van der Waals surface area contributed by atoms with Gasteiger partial charge < -0.3 is 29.8 Å². The standard InChI is InChI=1S/C31H31N5O4/c1-36(2)16-5-17-40-23-11-9-22(10-12-23)33-30(38)21-7-13-26-27(19-21)35-29(34-26)25-18-20(8-14-28(25)37)24-6-4-15-32-31(24)39-3/h4,6-15,18-19,37H,5,16-17H2,1-3H3,(H,33,38)(H,34,35). The molecule has 0 atom stereocenters. The molecule has 204 valence electrons. The molecule has 9 nitrogen and oxygen atoms in total. The average molecular weight is 538 g/mol. The van der Waals surface area contributed by atoms with E-state index in [1.807, 2.05) is 56.6 Å². The van der Waals surface area contributed by atoms with Crippen molar-refractivity contribution in [3.63, 3.8) is 0 Å². The second-order valence-corrected chi connectivity index (χ2v) is 9.59. The van der Waals surface area contributed by atoms with Crippen LogP contribution in [0.5, 0.6) is 17.4 Å². The lowest BCUT2D eigenvalue weighted by molar-refractivity contribution is 0.102. The van der Waals surface area contributed by atoms with Crippen molar-refractivity contribution in [2.75, 3.05) is 39.7 Å². The van der Waals surface area contributed by atoms with Crippen molar-refractivity contribution in [2.24, 2.45) is 0 Å². The Morgan fingerprint density at radius 1 is 1.02 bits per heavy atom. The topological polar surface area (TPSA) is 113 Å². The molecule has 0 aliphatic heterocycles. The van der Waals surface area contributed by atoms with Crippen LogP contribution in [0.15, 0.2) is 79.0 Å². The molecule has 9 heteroatoms. The summed E-state index contributed by atoms with van der Waals surface area (Å²) in [5, 5.41) is 13.5. The number of methoxy groups -OCH3 is 1. The number of phenols is 1. The number of hydrogen-bond acceptors (Lipinski definition) is 7. The first-order chi connectivity index (χ1) is 19.4. The lowest BCUT2D eigenvalue weighted by atomic mass is 10.0. The van der Waals surface area contributed by atoms with Crippen molar-refractivity contribution in [3.05, 3.63) is 84.6 Å². The zero-order valence-corrected chi connectivity index (χ0v) is 22.6. The molecule has 0 spiro atoms. The number of fused-ring (bicyclic) bond motifs is 1. The summed E-state index contributed by atoms with van der Waals surface area (Å²) in [5.41, 5.74) is 4.62. The molecule has 0 aliphatic carbocycles. The molecule has 5 aromatic rings. The van der Waals surface area contributed by atoms with Crippen LogP contribution in [0.4, 0.5) is 5.69 Å². The van der Waals surface area contributed by atoms with E-state index in [1.54, 1.807) is 43.6 Å². The molecule has 0 radical (unpaired) electrons. The minimum Gasteiger partial charge on any atom is -0.507 e. The predicted molar refractivity (Wildman–Crippen MR) is 156 cm³/mol. The Bertz CT molecular complexity index is 1630. The fraction of sp³-hybridized carbons (Fsp3) is 0.194. The number of hydrogen-bond donors (Lipinski definition) is 3. The number of aromatic hydroxyl groups is 1. The molecule has 3 aromatic carbocycles. The number of aromatic nitrogens is 3. The van der Waals surface area contributed by atoms with Crippen molar-refractivity contribution >= 4 is 22.6 Å². The van der Waals surface area contributed by atoms with Gasteiger partial charge in [-0.15, -0.1) is 0 Å². The number of rotatable bonds is 10. The summed E-state index contributed by atoms with van der Waals surface area (Å²) >= 11 is 0. The van der Waals surface area contributed by atoms with Crippen LogP contribution in [-0.2, 0) is 0 Å². The van der Waals surface area contributed by atoms with Crippen LogP contribution >= 0.6 is 0 Å². The van der Waals surface area contributed by atoms with E-state index in [-0.39, 0.29) is 11.7 Å². The summed E-state index contributed by atoms with van der Waals surface area (Å²) in [6.07, 6.45) is 2.60. The molecule has 5 rings (SSSR count). The minimum absolute atomic E-state index is 0.0776. The van der Waals surface area contributed by atoms with Gasteiger partial charge in [-0.25, -0.2) is 9.97 Å². The molecule has 3 N–H and O–H groups in total. The SMILES string of the molecule is COc1ncccc1-c1ccc(O)c(-c2nc3cc(C(=O)Nc4ccc(OCCCN(C)C)cc4)ccc3[nH]2)c1. The average Bonchev–Trinajstić information content (AvgIpc) is 3.39. The summed E-state index contributed by atoms with van der Waals surface area (Å²) < 4.78 is 11.2. The normalized spacial score (nSPS) is 11.1. The quantitative estimate of drug-likeness (QED) is 0.199. The van der Waals surface area contributed by atoms with Gasteiger partial charge >= 0.3 is 0 Å². The highest BCUT2D eigenvalue weighted by molar-refractivity contribution is 6.06. The smallest absolute Gasteiger partial charge is 0.255 e. The number of carbonyl (C=O) groups excluding carboxylic acids is 1. The third-order valence-corrected chi connectivity index (χ3v) is 6.40. The van der Waals surface area contributed by atoms with Crippen molar-refractivity contribution in [1.29, 1.82) is 0 Å². The summed E-state index contributed by atoms with van der Waals surface area (Å²) in [7, 11) is 5.63. The summed E-state index contributed by atoms with van der Waals surface area (Å²) in [4.78, 5) is 27.3. The van der Waals surface area contributed by atoms with Crippen LogP contribution in [0, 0.1) is 0 Å². The van der Waals surface area contributed by atoms with Gasteiger partial charge in [0.25, 0.3) is 5.91 Å². The Morgan fingerprint density at radius 2 is 1.85 bits per heavy atom.